The highest BCUT2D eigenvalue weighted by atomic mass is 16.5. The van der Waals surface area contributed by atoms with E-state index in [1.54, 1.807) is 13.2 Å². The van der Waals surface area contributed by atoms with Gasteiger partial charge in [-0.3, -0.25) is 0 Å². The Hall–Kier alpha value is -1.97. The van der Waals surface area contributed by atoms with E-state index in [0.29, 0.717) is 11.4 Å². The van der Waals surface area contributed by atoms with Crippen LogP contribution in [0.1, 0.15) is 25.7 Å². The Bertz CT molecular complexity index is 447. The van der Waals surface area contributed by atoms with Crippen molar-refractivity contribution in [1.29, 1.82) is 0 Å². The molecule has 2 amide bonds. The summed E-state index contributed by atoms with van der Waals surface area (Å²) in [4.78, 5) is 11.7. The largest absolute Gasteiger partial charge is 0.495 e. The fourth-order valence-electron chi connectivity index (χ4n) is 2.05. The number of carbonyl (C=O) groups excluding carboxylic acids is 1. The van der Waals surface area contributed by atoms with Crippen molar-refractivity contribution < 1.29 is 9.53 Å². The lowest BCUT2D eigenvalue weighted by molar-refractivity contribution is 0.255. The lowest BCUT2D eigenvalue weighted by Crippen LogP contribution is -2.24. The van der Waals surface area contributed by atoms with Gasteiger partial charge in [0.1, 0.15) is 5.75 Å². The van der Waals surface area contributed by atoms with Crippen molar-refractivity contribution in [2.24, 2.45) is 0 Å². The van der Waals surface area contributed by atoms with E-state index in [-0.39, 0.29) is 6.03 Å². The quantitative estimate of drug-likeness (QED) is 0.860. The second-order valence-electron chi connectivity index (χ2n) is 4.31. The first-order valence-corrected chi connectivity index (χ1v) is 6.18. The van der Waals surface area contributed by atoms with Crippen molar-refractivity contribution in [1.82, 2.24) is 5.32 Å². The standard InChI is InChI=1S/C14H18N2O2/c1-18-13-9-5-4-8-12(13)16-14(17)15-10-11-6-2-3-7-11/h4-5,8-10H,2-3,6-7H2,1H3,(H2,15,16,17). The highest BCUT2D eigenvalue weighted by Gasteiger charge is 2.08. The van der Waals surface area contributed by atoms with Gasteiger partial charge in [0, 0.05) is 6.20 Å². The number of rotatable bonds is 3. The average Bonchev–Trinajstić information content (AvgIpc) is 2.90. The SMILES string of the molecule is COc1ccccc1NC(=O)NC=C1CCCC1. The molecule has 1 aliphatic rings. The lowest BCUT2D eigenvalue weighted by Gasteiger charge is -2.09. The zero-order chi connectivity index (χ0) is 12.8. The number of nitrogens with one attached hydrogen (secondary N) is 2. The van der Waals surface area contributed by atoms with Crippen LogP contribution in [-0.2, 0) is 0 Å². The monoisotopic (exact) mass is 246 g/mol. The number of allylic oxidation sites excluding steroid dienone is 1. The summed E-state index contributed by atoms with van der Waals surface area (Å²) in [6.45, 7) is 0. The summed E-state index contributed by atoms with van der Waals surface area (Å²) >= 11 is 0. The van der Waals surface area contributed by atoms with Crippen molar-refractivity contribution in [2.45, 2.75) is 25.7 Å². The molecule has 96 valence electrons. The summed E-state index contributed by atoms with van der Waals surface area (Å²) in [5.74, 6) is 0.654. The molecule has 0 spiro atoms. The summed E-state index contributed by atoms with van der Waals surface area (Å²) < 4.78 is 5.17. The molecule has 1 aliphatic carbocycles. The number of anilines is 1. The van der Waals surface area contributed by atoms with Crippen LogP contribution in [-0.4, -0.2) is 13.1 Å². The van der Waals surface area contributed by atoms with E-state index in [0.717, 1.165) is 12.8 Å². The topological polar surface area (TPSA) is 50.4 Å². The van der Waals surface area contributed by atoms with Gasteiger partial charge in [0.25, 0.3) is 0 Å². The summed E-state index contributed by atoms with van der Waals surface area (Å²) in [7, 11) is 1.58. The van der Waals surface area contributed by atoms with Gasteiger partial charge in [-0.2, -0.15) is 0 Å². The minimum atomic E-state index is -0.237. The Balaban J connectivity index is 1.92. The van der Waals surface area contributed by atoms with Gasteiger partial charge in [-0.25, -0.2) is 4.79 Å². The molecular formula is C14H18N2O2. The van der Waals surface area contributed by atoms with Gasteiger partial charge in [-0.05, 0) is 37.8 Å². The Labute approximate surface area is 107 Å². The molecule has 0 atom stereocenters. The van der Waals surface area contributed by atoms with Crippen LogP contribution in [0.3, 0.4) is 0 Å². The number of hydrogen-bond acceptors (Lipinski definition) is 2. The van der Waals surface area contributed by atoms with E-state index in [1.807, 2.05) is 24.4 Å². The number of benzene rings is 1. The molecule has 18 heavy (non-hydrogen) atoms. The van der Waals surface area contributed by atoms with Gasteiger partial charge in [-0.15, -0.1) is 0 Å². The molecule has 0 heterocycles. The van der Waals surface area contributed by atoms with Crippen molar-refractivity contribution in [3.8, 4) is 5.75 Å². The number of carbonyl (C=O) groups is 1. The van der Waals surface area contributed by atoms with Crippen LogP contribution in [0.15, 0.2) is 36.0 Å². The summed E-state index contributed by atoms with van der Waals surface area (Å²) in [6, 6.07) is 7.10. The van der Waals surface area contributed by atoms with Gasteiger partial charge in [0.15, 0.2) is 0 Å². The molecule has 4 heteroatoms. The third-order valence-corrected chi connectivity index (χ3v) is 3.01. The first kappa shape index (κ1) is 12.5. The van der Waals surface area contributed by atoms with Gasteiger partial charge >= 0.3 is 6.03 Å². The number of hydrogen-bond donors (Lipinski definition) is 2. The molecule has 0 saturated heterocycles. The smallest absolute Gasteiger partial charge is 0.323 e. The zero-order valence-corrected chi connectivity index (χ0v) is 10.5. The molecule has 1 fully saturated rings. The molecule has 4 nitrogen and oxygen atoms in total. The average molecular weight is 246 g/mol. The molecular weight excluding hydrogens is 228 g/mol. The van der Waals surface area contributed by atoms with Crippen molar-refractivity contribution in [2.75, 3.05) is 12.4 Å². The summed E-state index contributed by atoms with van der Waals surface area (Å²) in [5.41, 5.74) is 1.98. The molecule has 1 aromatic carbocycles. The predicted octanol–water partition coefficient (Wildman–Crippen LogP) is 3.27. The number of urea groups is 1. The first-order valence-electron chi connectivity index (χ1n) is 6.18. The van der Waals surface area contributed by atoms with Crippen LogP contribution in [0.25, 0.3) is 0 Å². The Kier molecular flexibility index (Phi) is 4.23. The number of amides is 2. The van der Waals surface area contributed by atoms with Crippen LogP contribution in [0, 0.1) is 0 Å². The van der Waals surface area contributed by atoms with E-state index >= 15 is 0 Å². The highest BCUT2D eigenvalue weighted by Crippen LogP contribution is 2.24. The van der Waals surface area contributed by atoms with Crippen molar-refractivity contribution >= 4 is 11.7 Å². The maximum atomic E-state index is 11.7. The molecule has 1 aromatic rings. The molecule has 0 bridgehead atoms. The van der Waals surface area contributed by atoms with E-state index in [2.05, 4.69) is 10.6 Å². The molecule has 0 radical (unpaired) electrons. The number of para-hydroxylation sites is 2. The Morgan fingerprint density at radius 3 is 2.72 bits per heavy atom. The first-order chi connectivity index (χ1) is 8.79. The fourth-order valence-corrected chi connectivity index (χ4v) is 2.05. The van der Waals surface area contributed by atoms with Crippen LogP contribution in [0.2, 0.25) is 0 Å². The fraction of sp³-hybridized carbons (Fsp3) is 0.357. The molecule has 0 unspecified atom stereocenters. The van der Waals surface area contributed by atoms with Crippen LogP contribution in [0.5, 0.6) is 5.75 Å². The molecule has 1 saturated carbocycles. The molecule has 2 rings (SSSR count). The lowest BCUT2D eigenvalue weighted by atomic mass is 10.2. The molecule has 0 aromatic heterocycles. The van der Waals surface area contributed by atoms with Crippen molar-refractivity contribution in [3.63, 3.8) is 0 Å². The summed E-state index contributed by atoms with van der Waals surface area (Å²) in [5, 5.41) is 5.52. The van der Waals surface area contributed by atoms with Gasteiger partial charge in [0.05, 0.1) is 12.8 Å². The maximum absolute atomic E-state index is 11.7. The Morgan fingerprint density at radius 1 is 1.28 bits per heavy atom. The summed E-state index contributed by atoms with van der Waals surface area (Å²) in [6.07, 6.45) is 6.45. The minimum Gasteiger partial charge on any atom is -0.495 e. The predicted molar refractivity (Wildman–Crippen MR) is 71.7 cm³/mol. The minimum absolute atomic E-state index is 0.237. The van der Waals surface area contributed by atoms with E-state index in [9.17, 15) is 4.79 Å². The third-order valence-electron chi connectivity index (χ3n) is 3.01. The van der Waals surface area contributed by atoms with Crippen LogP contribution in [0.4, 0.5) is 10.5 Å². The second kappa shape index (κ2) is 6.10. The Morgan fingerprint density at radius 2 is 2.00 bits per heavy atom. The zero-order valence-electron chi connectivity index (χ0n) is 10.5. The molecule has 2 N–H and O–H groups in total. The van der Waals surface area contributed by atoms with Gasteiger partial charge in [0.2, 0.25) is 0 Å². The maximum Gasteiger partial charge on any atom is 0.323 e. The third kappa shape index (κ3) is 3.26. The number of ether oxygens (including phenoxy) is 1. The molecule has 0 aliphatic heterocycles. The number of methoxy groups -OCH3 is 1. The normalized spacial score (nSPS) is 14.2. The van der Waals surface area contributed by atoms with E-state index < -0.39 is 0 Å². The van der Waals surface area contributed by atoms with Crippen LogP contribution < -0.4 is 15.4 Å². The van der Waals surface area contributed by atoms with Crippen molar-refractivity contribution in [3.05, 3.63) is 36.0 Å². The van der Waals surface area contributed by atoms with Gasteiger partial charge in [-0.1, -0.05) is 17.7 Å². The van der Waals surface area contributed by atoms with E-state index in [1.165, 1.54) is 18.4 Å². The van der Waals surface area contributed by atoms with Gasteiger partial charge < -0.3 is 15.4 Å². The highest BCUT2D eigenvalue weighted by molar-refractivity contribution is 5.91. The van der Waals surface area contributed by atoms with E-state index in [4.69, 9.17) is 4.74 Å². The second-order valence-corrected chi connectivity index (χ2v) is 4.31. The van der Waals surface area contributed by atoms with Crippen LogP contribution >= 0.6 is 0 Å².